The lowest BCUT2D eigenvalue weighted by Gasteiger charge is -2.47. The van der Waals surface area contributed by atoms with Crippen molar-refractivity contribution in [1.82, 2.24) is 0 Å². The maximum absolute atomic E-state index is 10.9. The number of aliphatic hydroxyl groups is 11. The van der Waals surface area contributed by atoms with Crippen LogP contribution in [0.15, 0.2) is 0 Å². The Morgan fingerprint density at radius 1 is 0.500 bits per heavy atom. The Kier molecular flexibility index (Phi) is 11.8. The van der Waals surface area contributed by atoms with Gasteiger partial charge in [-0.15, -0.1) is 0 Å². The van der Waals surface area contributed by atoms with E-state index in [0.29, 0.717) is 0 Å². The van der Waals surface area contributed by atoms with Crippen LogP contribution in [0.2, 0.25) is 0 Å². The van der Waals surface area contributed by atoms with Gasteiger partial charge >= 0.3 is 0 Å². The van der Waals surface area contributed by atoms with Crippen molar-refractivity contribution < 1.29 is 94.1 Å². The molecular weight excluding hydrogens is 580 g/mol. The summed E-state index contributed by atoms with van der Waals surface area (Å²) >= 11 is 0. The Labute approximate surface area is 238 Å². The number of hydrogen-bond acceptors (Lipinski definition) is 19. The fourth-order valence-electron chi connectivity index (χ4n) is 5.11. The largest absolute Gasteiger partial charge is 0.394 e. The van der Waals surface area contributed by atoms with E-state index in [1.165, 1.54) is 7.11 Å². The predicted octanol–water partition coefficient (Wildman–Crippen LogP) is -7.82. The summed E-state index contributed by atoms with van der Waals surface area (Å²) in [5.74, 6) is 0. The fraction of sp³-hybridized carbons (Fsp3) is 1.00. The Bertz CT molecular complexity index is 838. The van der Waals surface area contributed by atoms with Gasteiger partial charge in [0.05, 0.1) is 26.4 Å². The van der Waals surface area contributed by atoms with Gasteiger partial charge in [0.25, 0.3) is 0 Å². The van der Waals surface area contributed by atoms with Crippen molar-refractivity contribution in [3.05, 3.63) is 0 Å². The molecule has 4 aliphatic heterocycles. The molecule has 18 atom stereocenters. The number of hydrogen-bond donors (Lipinski definition) is 11. The molecule has 11 N–H and O–H groups in total. The van der Waals surface area contributed by atoms with E-state index in [4.69, 9.17) is 37.9 Å². The predicted molar refractivity (Wildman–Crippen MR) is 127 cm³/mol. The summed E-state index contributed by atoms with van der Waals surface area (Å²) in [7, 11) is 1.26. The van der Waals surface area contributed by atoms with Crippen LogP contribution in [-0.2, 0) is 37.9 Å². The third-order valence-electron chi connectivity index (χ3n) is 7.68. The summed E-state index contributed by atoms with van der Waals surface area (Å²) in [5, 5.41) is 113. The second kappa shape index (κ2) is 14.6. The molecule has 0 amide bonds. The molecule has 0 bridgehead atoms. The van der Waals surface area contributed by atoms with Crippen molar-refractivity contribution in [2.24, 2.45) is 0 Å². The first-order valence-corrected chi connectivity index (χ1v) is 13.3. The summed E-state index contributed by atoms with van der Waals surface area (Å²) in [4.78, 5) is 0. The van der Waals surface area contributed by atoms with Gasteiger partial charge in [-0.2, -0.15) is 0 Å². The van der Waals surface area contributed by atoms with Crippen molar-refractivity contribution in [3.8, 4) is 0 Å². The molecule has 4 fully saturated rings. The molecule has 0 aromatic rings. The quantitative estimate of drug-likeness (QED) is 0.114. The highest BCUT2D eigenvalue weighted by Crippen LogP contribution is 2.31. The zero-order chi connectivity index (χ0) is 30.9. The van der Waals surface area contributed by atoms with Gasteiger partial charge in [-0.25, -0.2) is 0 Å². The van der Waals surface area contributed by atoms with E-state index in [1.807, 2.05) is 0 Å². The summed E-state index contributed by atoms with van der Waals surface area (Å²) in [6.45, 7) is -2.27. The highest BCUT2D eigenvalue weighted by Gasteiger charge is 2.52. The van der Waals surface area contributed by atoms with Crippen molar-refractivity contribution >= 4 is 0 Å². The number of ether oxygens (including phenoxy) is 8. The third-order valence-corrected chi connectivity index (χ3v) is 7.68. The highest BCUT2D eigenvalue weighted by atomic mass is 16.8. The lowest BCUT2D eigenvalue weighted by Crippen LogP contribution is -2.65. The summed E-state index contributed by atoms with van der Waals surface area (Å²) in [6, 6.07) is 0. The van der Waals surface area contributed by atoms with Crippen molar-refractivity contribution in [1.29, 1.82) is 0 Å². The number of aliphatic hydroxyl groups excluding tert-OH is 11. The van der Waals surface area contributed by atoms with E-state index in [0.717, 1.165) is 0 Å². The van der Waals surface area contributed by atoms with Gasteiger partial charge in [0.1, 0.15) is 85.5 Å². The van der Waals surface area contributed by atoms with Gasteiger partial charge in [0.15, 0.2) is 25.2 Å². The topological polar surface area (TPSA) is 296 Å². The van der Waals surface area contributed by atoms with Crippen molar-refractivity contribution in [3.63, 3.8) is 0 Å². The second-order valence-corrected chi connectivity index (χ2v) is 10.5. The van der Waals surface area contributed by atoms with Gasteiger partial charge in [0, 0.05) is 7.11 Å². The van der Waals surface area contributed by atoms with Crippen LogP contribution < -0.4 is 0 Å². The summed E-state index contributed by atoms with van der Waals surface area (Å²) < 4.78 is 42.9. The van der Waals surface area contributed by atoms with Crippen LogP contribution in [0.3, 0.4) is 0 Å². The van der Waals surface area contributed by atoms with E-state index in [9.17, 15) is 56.2 Å². The lowest BCUT2D eigenvalue weighted by molar-refractivity contribution is -0.374. The van der Waals surface area contributed by atoms with Crippen LogP contribution in [0, 0.1) is 0 Å². The molecule has 42 heavy (non-hydrogen) atoms. The zero-order valence-corrected chi connectivity index (χ0v) is 22.4. The van der Waals surface area contributed by atoms with Crippen LogP contribution in [0.5, 0.6) is 0 Å². The SMILES string of the molecule is CO[C@@H]1OC[C@@H](O[C@H]2O[C@H](CO)[C@@H](O)[C@H](O[C@@H]3OC[C@@H](O[C@H]4O[C@H](CO)[C@@H](O)[C@H](O)[C@@H]4O)[C@H](O)[C@H]3O)[C@@H]2O)[C@H](O)[C@H]1O. The van der Waals surface area contributed by atoms with Gasteiger partial charge in [-0.05, 0) is 0 Å². The van der Waals surface area contributed by atoms with E-state index in [2.05, 4.69) is 0 Å². The number of methoxy groups -OCH3 is 1. The molecule has 0 aromatic carbocycles. The molecule has 4 saturated heterocycles. The van der Waals surface area contributed by atoms with Gasteiger partial charge in [-0.3, -0.25) is 0 Å². The Morgan fingerprint density at radius 3 is 1.48 bits per heavy atom. The lowest BCUT2D eigenvalue weighted by atomic mass is 9.97. The van der Waals surface area contributed by atoms with Gasteiger partial charge < -0.3 is 94.1 Å². The Morgan fingerprint density at radius 2 is 0.952 bits per heavy atom. The minimum atomic E-state index is -1.88. The molecule has 4 rings (SSSR count). The van der Waals surface area contributed by atoms with Crippen LogP contribution >= 0.6 is 0 Å². The van der Waals surface area contributed by atoms with E-state index < -0.39 is 130 Å². The first-order valence-electron chi connectivity index (χ1n) is 13.3. The monoisotopic (exact) mass is 620 g/mol. The molecule has 0 unspecified atom stereocenters. The van der Waals surface area contributed by atoms with Crippen LogP contribution in [0.4, 0.5) is 0 Å². The smallest absolute Gasteiger partial charge is 0.187 e. The molecule has 19 nitrogen and oxygen atoms in total. The normalized spacial score (nSPS) is 52.3. The average Bonchev–Trinajstić information content (AvgIpc) is 2.98. The molecular formula is C23H40O19. The van der Waals surface area contributed by atoms with Gasteiger partial charge in [-0.1, -0.05) is 0 Å². The third kappa shape index (κ3) is 6.89. The van der Waals surface area contributed by atoms with Crippen LogP contribution in [0.25, 0.3) is 0 Å². The Balaban J connectivity index is 1.39. The van der Waals surface area contributed by atoms with Crippen LogP contribution in [0.1, 0.15) is 0 Å². The molecule has 0 spiro atoms. The first-order chi connectivity index (χ1) is 19.9. The molecule has 246 valence electrons. The van der Waals surface area contributed by atoms with E-state index >= 15 is 0 Å². The molecule has 4 heterocycles. The first kappa shape index (κ1) is 34.1. The number of rotatable bonds is 9. The van der Waals surface area contributed by atoms with Crippen molar-refractivity contribution in [2.75, 3.05) is 33.5 Å². The zero-order valence-electron chi connectivity index (χ0n) is 22.4. The maximum Gasteiger partial charge on any atom is 0.187 e. The standard InChI is InChI=1S/C23H40O19/c1-35-20-15(31)11(27)8(4-36-20)41-23-18(34)19(13(29)7(3-25)39-23)42-21-16(32)12(28)9(5-37-21)40-22-17(33)14(30)10(26)6(2-24)38-22/h6-34H,2-5H2,1H3/t6-,7-,8-,9-,10-,11+,12+,13-,14+,15-,16-,17+,18+,19+,20-,21+,22-,23-/m1/s1. The van der Waals surface area contributed by atoms with Crippen molar-refractivity contribution in [2.45, 2.75) is 111 Å². The summed E-state index contributed by atoms with van der Waals surface area (Å²) in [5.41, 5.74) is 0. The molecule has 0 saturated carbocycles. The highest BCUT2D eigenvalue weighted by molar-refractivity contribution is 4.95. The maximum atomic E-state index is 10.9. The molecule has 4 aliphatic rings. The molecule has 19 heteroatoms. The Hall–Kier alpha value is -0.760. The minimum Gasteiger partial charge on any atom is -0.394 e. The second-order valence-electron chi connectivity index (χ2n) is 10.5. The van der Waals surface area contributed by atoms with Crippen LogP contribution in [-0.4, -0.2) is 200 Å². The van der Waals surface area contributed by atoms with Gasteiger partial charge in [0.2, 0.25) is 0 Å². The van der Waals surface area contributed by atoms with E-state index in [1.54, 1.807) is 0 Å². The average molecular weight is 621 g/mol. The molecule has 0 radical (unpaired) electrons. The van der Waals surface area contributed by atoms with E-state index in [-0.39, 0.29) is 6.61 Å². The fourth-order valence-corrected chi connectivity index (χ4v) is 5.11. The minimum absolute atomic E-state index is 0.284. The summed E-state index contributed by atoms with van der Waals surface area (Å²) in [6.07, 6.45) is -28.4. The molecule has 0 aliphatic carbocycles. The molecule has 0 aromatic heterocycles.